The molecule has 9 nitrogen and oxygen atoms in total. The summed E-state index contributed by atoms with van der Waals surface area (Å²) in [5.41, 5.74) is 3.18. The largest absolute Gasteiger partial charge is 0.497 e. The first-order valence-electron chi connectivity index (χ1n) is 15.8. The van der Waals surface area contributed by atoms with Crippen molar-refractivity contribution in [3.05, 3.63) is 114 Å². The number of amides is 2. The minimum absolute atomic E-state index is 0.174. The van der Waals surface area contributed by atoms with Crippen molar-refractivity contribution in [1.29, 1.82) is 0 Å². The van der Waals surface area contributed by atoms with Crippen LogP contribution in [0.25, 0.3) is 0 Å². The summed E-state index contributed by atoms with van der Waals surface area (Å²) >= 11 is 0. The zero-order chi connectivity index (χ0) is 33.1. The van der Waals surface area contributed by atoms with E-state index in [1.54, 1.807) is 38.9 Å². The molecular weight excluding hydrogens is 582 g/mol. The maximum Gasteiger partial charge on any atom is 0.410 e. The van der Waals surface area contributed by atoms with Crippen LogP contribution in [-0.4, -0.2) is 60.1 Å². The Morgan fingerprint density at radius 3 is 2.33 bits per heavy atom. The zero-order valence-corrected chi connectivity index (χ0v) is 27.3. The molecule has 3 aromatic rings. The molecule has 4 rings (SSSR count). The molecular formula is C37H47N3O6. The van der Waals surface area contributed by atoms with Gasteiger partial charge in [-0.2, -0.15) is 0 Å². The lowest BCUT2D eigenvalue weighted by Crippen LogP contribution is -2.50. The quantitative estimate of drug-likeness (QED) is 0.175. The minimum atomic E-state index is -0.937. The van der Waals surface area contributed by atoms with Gasteiger partial charge < -0.3 is 34.9 Å². The molecule has 2 amide bonds. The van der Waals surface area contributed by atoms with Crippen LogP contribution in [-0.2, 0) is 22.5 Å². The predicted octanol–water partition coefficient (Wildman–Crippen LogP) is 6.48. The van der Waals surface area contributed by atoms with Gasteiger partial charge in [-0.3, -0.25) is 0 Å². The van der Waals surface area contributed by atoms with E-state index in [0.29, 0.717) is 31.6 Å². The first-order chi connectivity index (χ1) is 22.1. The molecule has 1 unspecified atom stereocenters. The molecule has 3 aromatic carbocycles. The van der Waals surface area contributed by atoms with Gasteiger partial charge in [0.1, 0.15) is 18.0 Å². The lowest BCUT2D eigenvalue weighted by molar-refractivity contribution is 0.0419. The van der Waals surface area contributed by atoms with Crippen molar-refractivity contribution in [2.45, 2.75) is 76.5 Å². The van der Waals surface area contributed by atoms with E-state index in [4.69, 9.17) is 14.2 Å². The van der Waals surface area contributed by atoms with Gasteiger partial charge in [0.2, 0.25) is 0 Å². The summed E-state index contributed by atoms with van der Waals surface area (Å²) in [4.78, 5) is 28.0. The van der Waals surface area contributed by atoms with Crippen molar-refractivity contribution in [2.75, 3.05) is 20.2 Å². The molecule has 0 bridgehead atoms. The summed E-state index contributed by atoms with van der Waals surface area (Å²) in [6, 6.07) is 24.1. The van der Waals surface area contributed by atoms with Crippen LogP contribution in [0.5, 0.6) is 5.75 Å². The number of hydrogen-bond acceptors (Lipinski definition) is 7. The van der Waals surface area contributed by atoms with E-state index < -0.39 is 29.9 Å². The van der Waals surface area contributed by atoms with Crippen LogP contribution in [0.15, 0.2) is 91.5 Å². The van der Waals surface area contributed by atoms with Crippen LogP contribution in [0, 0.1) is 0 Å². The molecule has 0 aromatic heterocycles. The highest BCUT2D eigenvalue weighted by atomic mass is 16.6. The van der Waals surface area contributed by atoms with E-state index in [2.05, 4.69) is 17.2 Å². The normalized spacial score (nSPS) is 16.9. The highest BCUT2D eigenvalue weighted by Crippen LogP contribution is 2.44. The number of nitrogens with zero attached hydrogens (tertiary/aromatic N) is 1. The van der Waals surface area contributed by atoms with E-state index in [9.17, 15) is 14.7 Å². The summed E-state index contributed by atoms with van der Waals surface area (Å²) in [5, 5.41) is 17.8. The van der Waals surface area contributed by atoms with Crippen LogP contribution in [0.1, 0.15) is 68.0 Å². The number of carbonyl (C=O) groups is 2. The third-order valence-corrected chi connectivity index (χ3v) is 7.92. The standard InChI is InChI=1S/C37H47N3O6/c1-6-7-20-40(36(43)45-25-27-16-12-9-13-17-27)33-23-31(30-22-28(44-5)18-19-29(30)33)38-24-34(41)32(21-26-14-10-8-11-15-26)39-35(42)46-37(2,3)4/h6,8-19,22,31-34,38,41H,1,7,20-21,23-25H2,2-5H3,(H,39,42)/t31-,32-,33?,34+/m0/s1. The molecule has 0 heterocycles. The lowest BCUT2D eigenvalue weighted by Gasteiger charge is -2.29. The molecule has 246 valence electrons. The number of nitrogens with one attached hydrogen (secondary N) is 2. The Bertz CT molecular complexity index is 1430. The number of benzene rings is 3. The van der Waals surface area contributed by atoms with Crippen molar-refractivity contribution in [1.82, 2.24) is 15.5 Å². The van der Waals surface area contributed by atoms with E-state index in [1.807, 2.05) is 78.9 Å². The van der Waals surface area contributed by atoms with E-state index >= 15 is 0 Å². The number of alkyl carbamates (subject to hydrolysis) is 1. The molecule has 0 fully saturated rings. The Morgan fingerprint density at radius 2 is 1.70 bits per heavy atom. The fourth-order valence-electron chi connectivity index (χ4n) is 5.67. The van der Waals surface area contributed by atoms with E-state index in [0.717, 1.165) is 22.3 Å². The number of aliphatic hydroxyl groups excluding tert-OH is 1. The van der Waals surface area contributed by atoms with Crippen LogP contribution >= 0.6 is 0 Å². The first kappa shape index (κ1) is 34.5. The number of ether oxygens (including phenoxy) is 3. The van der Waals surface area contributed by atoms with Gasteiger partial charge in [0.25, 0.3) is 0 Å². The fraction of sp³-hybridized carbons (Fsp3) is 0.405. The Kier molecular flexibility index (Phi) is 12.2. The van der Waals surface area contributed by atoms with Crippen LogP contribution in [0.2, 0.25) is 0 Å². The fourth-order valence-corrected chi connectivity index (χ4v) is 5.67. The smallest absolute Gasteiger partial charge is 0.410 e. The van der Waals surface area contributed by atoms with Crippen molar-refractivity contribution in [2.24, 2.45) is 0 Å². The third kappa shape index (κ3) is 9.83. The van der Waals surface area contributed by atoms with Gasteiger partial charge in [0.05, 0.1) is 25.3 Å². The minimum Gasteiger partial charge on any atom is -0.497 e. The first-order valence-corrected chi connectivity index (χ1v) is 15.8. The molecule has 0 spiro atoms. The lowest BCUT2D eigenvalue weighted by atomic mass is 10.0. The number of hydrogen-bond donors (Lipinski definition) is 3. The molecule has 1 aliphatic carbocycles. The Morgan fingerprint density at radius 1 is 1.02 bits per heavy atom. The van der Waals surface area contributed by atoms with E-state index in [1.165, 1.54) is 0 Å². The zero-order valence-electron chi connectivity index (χ0n) is 27.3. The second-order valence-corrected chi connectivity index (χ2v) is 12.5. The molecule has 0 radical (unpaired) electrons. The summed E-state index contributed by atoms with van der Waals surface area (Å²) < 4.78 is 16.8. The summed E-state index contributed by atoms with van der Waals surface area (Å²) in [5.74, 6) is 0.699. The SMILES string of the molecule is C=CCCN(C(=O)OCc1ccccc1)C1C[C@H](NC[C@@H](O)[C@H](Cc2ccccc2)NC(=O)OC(C)(C)C)c2cc(OC)ccc21. The molecule has 0 saturated heterocycles. The average molecular weight is 630 g/mol. The number of rotatable bonds is 14. The Labute approximate surface area is 272 Å². The van der Waals surface area contributed by atoms with Gasteiger partial charge in [-0.1, -0.05) is 72.8 Å². The van der Waals surface area contributed by atoms with Crippen LogP contribution in [0.3, 0.4) is 0 Å². The molecule has 3 N–H and O–H groups in total. The monoisotopic (exact) mass is 629 g/mol. The molecule has 1 aliphatic rings. The number of carbonyl (C=O) groups excluding carboxylic acids is 2. The molecule has 46 heavy (non-hydrogen) atoms. The summed E-state index contributed by atoms with van der Waals surface area (Å²) in [7, 11) is 1.62. The third-order valence-electron chi connectivity index (χ3n) is 7.92. The Hall–Kier alpha value is -4.34. The highest BCUT2D eigenvalue weighted by Gasteiger charge is 2.38. The summed E-state index contributed by atoms with van der Waals surface area (Å²) in [6.07, 6.45) is 1.46. The van der Waals surface area contributed by atoms with Gasteiger partial charge >= 0.3 is 12.2 Å². The number of methoxy groups -OCH3 is 1. The second-order valence-electron chi connectivity index (χ2n) is 12.5. The van der Waals surface area contributed by atoms with Crippen molar-refractivity contribution >= 4 is 12.2 Å². The van der Waals surface area contributed by atoms with Crippen molar-refractivity contribution in [3.63, 3.8) is 0 Å². The summed E-state index contributed by atoms with van der Waals surface area (Å²) in [6.45, 7) is 10.1. The maximum atomic E-state index is 13.5. The Balaban J connectivity index is 1.52. The van der Waals surface area contributed by atoms with Gasteiger partial charge in [0.15, 0.2) is 0 Å². The van der Waals surface area contributed by atoms with E-state index in [-0.39, 0.29) is 25.2 Å². The number of fused-ring (bicyclic) bond motifs is 1. The molecule has 0 saturated carbocycles. The van der Waals surface area contributed by atoms with Gasteiger partial charge in [-0.25, -0.2) is 9.59 Å². The van der Waals surface area contributed by atoms with Crippen LogP contribution in [0.4, 0.5) is 9.59 Å². The molecule has 0 aliphatic heterocycles. The molecule has 4 atom stereocenters. The highest BCUT2D eigenvalue weighted by molar-refractivity contribution is 5.69. The van der Waals surface area contributed by atoms with Gasteiger partial charge in [0, 0.05) is 19.1 Å². The average Bonchev–Trinajstić information content (AvgIpc) is 3.39. The predicted molar refractivity (Wildman–Crippen MR) is 179 cm³/mol. The van der Waals surface area contributed by atoms with Crippen molar-refractivity contribution in [3.8, 4) is 5.75 Å². The molecule has 9 heteroatoms. The maximum absolute atomic E-state index is 13.5. The van der Waals surface area contributed by atoms with Gasteiger partial charge in [-0.05, 0) is 74.4 Å². The topological polar surface area (TPSA) is 109 Å². The van der Waals surface area contributed by atoms with Crippen LogP contribution < -0.4 is 15.4 Å². The number of aliphatic hydroxyl groups is 1. The van der Waals surface area contributed by atoms with Gasteiger partial charge in [-0.15, -0.1) is 6.58 Å². The second kappa shape index (κ2) is 16.3. The van der Waals surface area contributed by atoms with Crippen molar-refractivity contribution < 1.29 is 28.9 Å².